The summed E-state index contributed by atoms with van der Waals surface area (Å²) in [5, 5.41) is 0. The lowest BCUT2D eigenvalue weighted by Crippen LogP contribution is -2.40. The van der Waals surface area contributed by atoms with Gasteiger partial charge in [-0.15, -0.1) is 0 Å². The molecule has 0 saturated heterocycles. The lowest BCUT2D eigenvalue weighted by molar-refractivity contribution is -0.128. The fourth-order valence-corrected chi connectivity index (χ4v) is 2.29. The van der Waals surface area contributed by atoms with Crippen LogP contribution in [0.4, 0.5) is 4.79 Å². The SMILES string of the molecule is CN(C)C(=O)CCCN(CCOc1ccc(I)cn1)C(=O)OC(C)(C)C. The summed E-state index contributed by atoms with van der Waals surface area (Å²) in [5.74, 6) is 0.547. The maximum Gasteiger partial charge on any atom is 0.410 e. The second kappa shape index (κ2) is 10.5. The van der Waals surface area contributed by atoms with Gasteiger partial charge in [0.05, 0.1) is 6.54 Å². The van der Waals surface area contributed by atoms with E-state index in [0.29, 0.717) is 38.4 Å². The van der Waals surface area contributed by atoms with E-state index in [-0.39, 0.29) is 5.91 Å². The molecule has 26 heavy (non-hydrogen) atoms. The van der Waals surface area contributed by atoms with Crippen molar-refractivity contribution in [1.29, 1.82) is 0 Å². The summed E-state index contributed by atoms with van der Waals surface area (Å²) in [6, 6.07) is 3.69. The molecule has 0 aliphatic heterocycles. The summed E-state index contributed by atoms with van der Waals surface area (Å²) < 4.78 is 12.1. The van der Waals surface area contributed by atoms with Crippen LogP contribution in [-0.2, 0) is 9.53 Å². The molecule has 0 N–H and O–H groups in total. The van der Waals surface area contributed by atoms with Crippen molar-refractivity contribution in [3.63, 3.8) is 0 Å². The van der Waals surface area contributed by atoms with Gasteiger partial charge in [0, 0.05) is 42.9 Å². The number of rotatable bonds is 8. The molecular formula is C18H28IN3O4. The molecule has 0 bridgehead atoms. The summed E-state index contributed by atoms with van der Waals surface area (Å²) in [4.78, 5) is 31.4. The number of carbonyl (C=O) groups excluding carboxylic acids is 2. The van der Waals surface area contributed by atoms with Gasteiger partial charge < -0.3 is 19.3 Å². The van der Waals surface area contributed by atoms with Gasteiger partial charge in [0.25, 0.3) is 0 Å². The van der Waals surface area contributed by atoms with Gasteiger partial charge in [-0.05, 0) is 55.8 Å². The molecule has 1 aromatic heterocycles. The largest absolute Gasteiger partial charge is 0.476 e. The summed E-state index contributed by atoms with van der Waals surface area (Å²) in [6.45, 7) is 6.56. The molecule has 0 radical (unpaired) electrons. The summed E-state index contributed by atoms with van der Waals surface area (Å²) in [5.41, 5.74) is -0.576. The third-order valence-electron chi connectivity index (χ3n) is 3.28. The van der Waals surface area contributed by atoms with Crippen molar-refractivity contribution < 1.29 is 19.1 Å². The number of hydrogen-bond donors (Lipinski definition) is 0. The summed E-state index contributed by atoms with van der Waals surface area (Å²) in [7, 11) is 3.44. The predicted molar refractivity (Wildman–Crippen MR) is 108 cm³/mol. The van der Waals surface area contributed by atoms with Gasteiger partial charge in [-0.3, -0.25) is 4.79 Å². The van der Waals surface area contributed by atoms with Crippen LogP contribution in [0.3, 0.4) is 0 Å². The second-order valence-corrected chi connectivity index (χ2v) is 8.27. The quantitative estimate of drug-likeness (QED) is 0.538. The van der Waals surface area contributed by atoms with E-state index in [1.165, 1.54) is 0 Å². The van der Waals surface area contributed by atoms with E-state index in [1.54, 1.807) is 36.2 Å². The first-order valence-corrected chi connectivity index (χ1v) is 9.59. The number of pyridine rings is 1. The van der Waals surface area contributed by atoms with Crippen LogP contribution >= 0.6 is 22.6 Å². The van der Waals surface area contributed by atoms with Gasteiger partial charge in [0.1, 0.15) is 12.2 Å². The van der Waals surface area contributed by atoms with Crippen LogP contribution in [-0.4, -0.2) is 66.2 Å². The molecule has 8 heteroatoms. The Labute approximate surface area is 169 Å². The number of ether oxygens (including phenoxy) is 2. The fourth-order valence-electron chi connectivity index (χ4n) is 1.97. The molecule has 0 aromatic carbocycles. The fraction of sp³-hybridized carbons (Fsp3) is 0.611. The molecule has 0 unspecified atom stereocenters. The van der Waals surface area contributed by atoms with E-state index in [0.717, 1.165) is 3.57 Å². The highest BCUT2D eigenvalue weighted by Crippen LogP contribution is 2.12. The maximum absolute atomic E-state index is 12.4. The molecule has 0 atom stereocenters. The minimum Gasteiger partial charge on any atom is -0.476 e. The Morgan fingerprint density at radius 3 is 2.42 bits per heavy atom. The number of halogens is 1. The highest BCUT2D eigenvalue weighted by Gasteiger charge is 2.22. The highest BCUT2D eigenvalue weighted by molar-refractivity contribution is 14.1. The molecule has 0 fully saturated rings. The van der Waals surface area contributed by atoms with Crippen LogP contribution in [0, 0.1) is 3.57 Å². The van der Waals surface area contributed by atoms with Crippen LogP contribution in [0.25, 0.3) is 0 Å². The smallest absolute Gasteiger partial charge is 0.410 e. The van der Waals surface area contributed by atoms with Crippen molar-refractivity contribution in [1.82, 2.24) is 14.8 Å². The molecular weight excluding hydrogens is 449 g/mol. The van der Waals surface area contributed by atoms with Gasteiger partial charge in [-0.2, -0.15) is 0 Å². The van der Waals surface area contributed by atoms with Gasteiger partial charge in [-0.1, -0.05) is 0 Å². The first kappa shape index (κ1) is 22.5. The first-order valence-electron chi connectivity index (χ1n) is 8.51. The van der Waals surface area contributed by atoms with E-state index >= 15 is 0 Å². The first-order chi connectivity index (χ1) is 12.1. The highest BCUT2D eigenvalue weighted by atomic mass is 127. The van der Waals surface area contributed by atoms with Crippen molar-refractivity contribution in [2.24, 2.45) is 0 Å². The zero-order valence-electron chi connectivity index (χ0n) is 16.1. The molecule has 0 aliphatic rings. The van der Waals surface area contributed by atoms with Gasteiger partial charge in [-0.25, -0.2) is 9.78 Å². The molecule has 1 rings (SSSR count). The average Bonchev–Trinajstić information content (AvgIpc) is 2.53. The molecule has 146 valence electrons. The number of carbonyl (C=O) groups is 2. The topological polar surface area (TPSA) is 72.0 Å². The van der Waals surface area contributed by atoms with Crippen molar-refractivity contribution in [2.45, 2.75) is 39.2 Å². The maximum atomic E-state index is 12.4. The Bertz CT molecular complexity index is 585. The van der Waals surface area contributed by atoms with E-state index < -0.39 is 11.7 Å². The third kappa shape index (κ3) is 9.21. The minimum atomic E-state index is -0.576. The summed E-state index contributed by atoms with van der Waals surface area (Å²) in [6.07, 6.45) is 2.26. The van der Waals surface area contributed by atoms with Crippen LogP contribution in [0.2, 0.25) is 0 Å². The number of aromatic nitrogens is 1. The average molecular weight is 477 g/mol. The lowest BCUT2D eigenvalue weighted by atomic mass is 10.2. The van der Waals surface area contributed by atoms with Gasteiger partial charge in [0.2, 0.25) is 11.8 Å². The normalized spacial score (nSPS) is 11.0. The van der Waals surface area contributed by atoms with Gasteiger partial charge >= 0.3 is 6.09 Å². The predicted octanol–water partition coefficient (Wildman–Crippen LogP) is 3.17. The van der Waals surface area contributed by atoms with Gasteiger partial charge in [0.15, 0.2) is 0 Å². The van der Waals surface area contributed by atoms with E-state index in [1.807, 2.05) is 26.8 Å². The van der Waals surface area contributed by atoms with E-state index in [9.17, 15) is 9.59 Å². The van der Waals surface area contributed by atoms with Crippen molar-refractivity contribution in [3.05, 3.63) is 21.9 Å². The minimum absolute atomic E-state index is 0.0356. The third-order valence-corrected chi connectivity index (χ3v) is 3.92. The van der Waals surface area contributed by atoms with Crippen molar-refractivity contribution in [3.8, 4) is 5.88 Å². The Balaban J connectivity index is 2.57. The van der Waals surface area contributed by atoms with Crippen LogP contribution in [0.1, 0.15) is 33.6 Å². The molecule has 7 nitrogen and oxygen atoms in total. The zero-order valence-corrected chi connectivity index (χ0v) is 18.3. The monoisotopic (exact) mass is 477 g/mol. The number of nitrogens with zero attached hydrogens (tertiary/aromatic N) is 3. The zero-order chi connectivity index (χ0) is 19.7. The Morgan fingerprint density at radius 1 is 1.19 bits per heavy atom. The van der Waals surface area contributed by atoms with E-state index in [2.05, 4.69) is 27.6 Å². The Hall–Kier alpha value is -1.58. The standard InChI is InChI=1S/C18H28IN3O4/c1-18(2,3)26-17(24)22(10-6-7-16(23)21(4)5)11-12-25-15-9-8-14(19)13-20-15/h8-9,13H,6-7,10-12H2,1-5H3. The number of amides is 2. The molecule has 1 heterocycles. The van der Waals surface area contributed by atoms with Crippen molar-refractivity contribution >= 4 is 34.6 Å². The molecule has 0 aliphatic carbocycles. The summed E-state index contributed by atoms with van der Waals surface area (Å²) >= 11 is 2.17. The van der Waals surface area contributed by atoms with Crippen molar-refractivity contribution in [2.75, 3.05) is 33.8 Å². The molecule has 1 aromatic rings. The Kier molecular flexibility index (Phi) is 9.11. The van der Waals surface area contributed by atoms with Crippen LogP contribution in [0.15, 0.2) is 18.3 Å². The van der Waals surface area contributed by atoms with Crippen LogP contribution in [0.5, 0.6) is 5.88 Å². The van der Waals surface area contributed by atoms with E-state index in [4.69, 9.17) is 9.47 Å². The number of hydrogen-bond acceptors (Lipinski definition) is 5. The molecule has 0 spiro atoms. The molecule has 2 amide bonds. The van der Waals surface area contributed by atoms with Crippen LogP contribution < -0.4 is 4.74 Å². The lowest BCUT2D eigenvalue weighted by Gasteiger charge is -2.27. The Morgan fingerprint density at radius 2 is 1.88 bits per heavy atom. The second-order valence-electron chi connectivity index (χ2n) is 7.02. The molecule has 0 saturated carbocycles.